The van der Waals surface area contributed by atoms with E-state index in [1.807, 2.05) is 31.2 Å². The van der Waals surface area contributed by atoms with Gasteiger partial charge in [0.05, 0.1) is 11.4 Å². The van der Waals surface area contributed by atoms with Gasteiger partial charge in [0.15, 0.2) is 0 Å². The number of amides is 1. The van der Waals surface area contributed by atoms with E-state index in [2.05, 4.69) is 15.5 Å². The van der Waals surface area contributed by atoms with Crippen molar-refractivity contribution < 1.29 is 9.90 Å². The summed E-state index contributed by atoms with van der Waals surface area (Å²) in [6.07, 6.45) is 0. The lowest BCUT2D eigenvalue weighted by Crippen LogP contribution is -2.12. The number of nitrogens with one attached hydrogen (secondary N) is 2. The molecule has 0 bridgehead atoms. The van der Waals surface area contributed by atoms with Crippen molar-refractivity contribution >= 4 is 11.6 Å². The first-order valence-electron chi connectivity index (χ1n) is 6.85. The second-order valence-corrected chi connectivity index (χ2v) is 5.00. The lowest BCUT2D eigenvalue weighted by atomic mass is 10.1. The van der Waals surface area contributed by atoms with Gasteiger partial charge in [-0.25, -0.2) is 0 Å². The summed E-state index contributed by atoms with van der Waals surface area (Å²) in [6, 6.07) is 16.1. The minimum Gasteiger partial charge on any atom is -0.506 e. The van der Waals surface area contributed by atoms with Gasteiger partial charge in [-0.15, -0.1) is 0 Å². The largest absolute Gasteiger partial charge is 0.506 e. The molecule has 0 aliphatic rings. The molecular formula is C17H15N3O2. The number of hydrogen-bond donors (Lipinski definition) is 3. The Kier molecular flexibility index (Phi) is 3.62. The Morgan fingerprint density at radius 3 is 2.59 bits per heavy atom. The lowest BCUT2D eigenvalue weighted by molar-refractivity contribution is 0.102. The number of phenols is 1. The Balaban J connectivity index is 1.80. The predicted octanol–water partition coefficient (Wildman–Crippen LogP) is 3.34. The summed E-state index contributed by atoms with van der Waals surface area (Å²) in [7, 11) is 0. The number of aromatic amines is 1. The second kappa shape index (κ2) is 5.73. The standard InChI is InChI=1S/C17H15N3O2/c1-11-6-8-12(9-7-11)14-10-15(20-19-14)17(22)18-13-4-2-3-5-16(13)21/h2-10,21H,1H3,(H,18,22)(H,19,20). The summed E-state index contributed by atoms with van der Waals surface area (Å²) in [5.74, 6) is -0.332. The van der Waals surface area contributed by atoms with Crippen LogP contribution in [0.15, 0.2) is 54.6 Å². The van der Waals surface area contributed by atoms with E-state index in [-0.39, 0.29) is 11.7 Å². The summed E-state index contributed by atoms with van der Waals surface area (Å²) in [4.78, 5) is 12.2. The molecular weight excluding hydrogens is 278 g/mol. The number of aromatic hydroxyl groups is 1. The number of carbonyl (C=O) groups excluding carboxylic acids is 1. The van der Waals surface area contributed by atoms with Gasteiger partial charge in [-0.05, 0) is 25.1 Å². The fraction of sp³-hybridized carbons (Fsp3) is 0.0588. The van der Waals surface area contributed by atoms with Crippen molar-refractivity contribution in [1.29, 1.82) is 0 Å². The Hall–Kier alpha value is -3.08. The van der Waals surface area contributed by atoms with E-state index >= 15 is 0 Å². The number of phenolic OH excluding ortho intramolecular Hbond substituents is 1. The number of para-hydroxylation sites is 2. The lowest BCUT2D eigenvalue weighted by Gasteiger charge is -2.04. The van der Waals surface area contributed by atoms with Crippen LogP contribution in [0.1, 0.15) is 16.1 Å². The Morgan fingerprint density at radius 1 is 1.14 bits per heavy atom. The fourth-order valence-corrected chi connectivity index (χ4v) is 2.08. The Labute approximate surface area is 127 Å². The number of carbonyl (C=O) groups is 1. The average molecular weight is 293 g/mol. The predicted molar refractivity (Wildman–Crippen MR) is 84.8 cm³/mol. The summed E-state index contributed by atoms with van der Waals surface area (Å²) >= 11 is 0. The van der Waals surface area contributed by atoms with E-state index in [9.17, 15) is 9.90 Å². The highest BCUT2D eigenvalue weighted by Crippen LogP contribution is 2.23. The van der Waals surface area contributed by atoms with E-state index in [0.29, 0.717) is 17.1 Å². The minimum atomic E-state index is -0.354. The van der Waals surface area contributed by atoms with Gasteiger partial charge in [-0.3, -0.25) is 9.89 Å². The SMILES string of the molecule is Cc1ccc(-c2cc(C(=O)Nc3ccccc3O)[nH]n2)cc1. The Bertz CT molecular complexity index is 807. The highest BCUT2D eigenvalue weighted by Gasteiger charge is 2.12. The maximum atomic E-state index is 12.2. The van der Waals surface area contributed by atoms with Gasteiger partial charge in [0.1, 0.15) is 11.4 Å². The molecule has 3 aromatic rings. The van der Waals surface area contributed by atoms with E-state index in [4.69, 9.17) is 0 Å². The van der Waals surface area contributed by atoms with Crippen LogP contribution in [0.25, 0.3) is 11.3 Å². The van der Waals surface area contributed by atoms with Gasteiger partial charge in [-0.1, -0.05) is 42.0 Å². The van der Waals surface area contributed by atoms with Gasteiger partial charge in [0.25, 0.3) is 5.91 Å². The van der Waals surface area contributed by atoms with Crippen molar-refractivity contribution in [1.82, 2.24) is 10.2 Å². The van der Waals surface area contributed by atoms with E-state index in [1.54, 1.807) is 24.3 Å². The number of benzene rings is 2. The molecule has 1 amide bonds. The van der Waals surface area contributed by atoms with Gasteiger partial charge in [-0.2, -0.15) is 5.10 Å². The zero-order valence-electron chi connectivity index (χ0n) is 12.0. The normalized spacial score (nSPS) is 10.4. The molecule has 2 aromatic carbocycles. The number of nitrogens with zero attached hydrogens (tertiary/aromatic N) is 1. The summed E-state index contributed by atoms with van der Waals surface area (Å²) in [5, 5.41) is 19.2. The molecule has 5 heteroatoms. The number of hydrogen-bond acceptors (Lipinski definition) is 3. The molecule has 0 atom stereocenters. The van der Waals surface area contributed by atoms with Crippen molar-refractivity contribution in [3.8, 4) is 17.0 Å². The van der Waals surface area contributed by atoms with E-state index < -0.39 is 0 Å². The monoisotopic (exact) mass is 293 g/mol. The van der Waals surface area contributed by atoms with E-state index in [1.165, 1.54) is 6.07 Å². The number of H-pyrrole nitrogens is 1. The maximum Gasteiger partial charge on any atom is 0.273 e. The number of aryl methyl sites for hydroxylation is 1. The van der Waals surface area contributed by atoms with Crippen LogP contribution >= 0.6 is 0 Å². The highest BCUT2D eigenvalue weighted by atomic mass is 16.3. The first kappa shape index (κ1) is 13.9. The van der Waals surface area contributed by atoms with Crippen LogP contribution in [0, 0.1) is 6.92 Å². The van der Waals surface area contributed by atoms with Crippen LogP contribution in [0.3, 0.4) is 0 Å². The molecule has 1 aromatic heterocycles. The molecule has 0 radical (unpaired) electrons. The van der Waals surface area contributed by atoms with Gasteiger partial charge < -0.3 is 10.4 Å². The first-order valence-corrected chi connectivity index (χ1v) is 6.85. The zero-order valence-corrected chi connectivity index (χ0v) is 12.0. The van der Waals surface area contributed by atoms with Crippen LogP contribution in [0.4, 0.5) is 5.69 Å². The highest BCUT2D eigenvalue weighted by molar-refractivity contribution is 6.04. The smallest absolute Gasteiger partial charge is 0.273 e. The summed E-state index contributed by atoms with van der Waals surface area (Å²) in [5.41, 5.74) is 3.49. The van der Waals surface area contributed by atoms with Crippen molar-refractivity contribution in [2.75, 3.05) is 5.32 Å². The van der Waals surface area contributed by atoms with Gasteiger partial charge in [0.2, 0.25) is 0 Å². The van der Waals surface area contributed by atoms with Crippen LogP contribution in [-0.2, 0) is 0 Å². The van der Waals surface area contributed by atoms with Crippen LogP contribution in [-0.4, -0.2) is 21.2 Å². The van der Waals surface area contributed by atoms with Gasteiger partial charge >= 0.3 is 0 Å². The molecule has 0 aliphatic carbocycles. The quantitative estimate of drug-likeness (QED) is 0.648. The van der Waals surface area contributed by atoms with Crippen molar-refractivity contribution in [2.24, 2.45) is 0 Å². The minimum absolute atomic E-state index is 0.0223. The van der Waals surface area contributed by atoms with Crippen molar-refractivity contribution in [2.45, 2.75) is 6.92 Å². The van der Waals surface area contributed by atoms with Gasteiger partial charge in [0, 0.05) is 5.56 Å². The molecule has 0 spiro atoms. The van der Waals surface area contributed by atoms with Crippen LogP contribution in [0.2, 0.25) is 0 Å². The fourth-order valence-electron chi connectivity index (χ4n) is 2.08. The van der Waals surface area contributed by atoms with Crippen LogP contribution < -0.4 is 5.32 Å². The topological polar surface area (TPSA) is 78.0 Å². The molecule has 110 valence electrons. The summed E-state index contributed by atoms with van der Waals surface area (Å²) < 4.78 is 0. The molecule has 22 heavy (non-hydrogen) atoms. The third-order valence-electron chi connectivity index (χ3n) is 3.32. The van der Waals surface area contributed by atoms with Crippen molar-refractivity contribution in [3.05, 3.63) is 65.9 Å². The third kappa shape index (κ3) is 2.83. The number of anilines is 1. The first-order chi connectivity index (χ1) is 10.6. The average Bonchev–Trinajstić information content (AvgIpc) is 3.00. The third-order valence-corrected chi connectivity index (χ3v) is 3.32. The van der Waals surface area contributed by atoms with Crippen molar-refractivity contribution in [3.63, 3.8) is 0 Å². The molecule has 3 rings (SSSR count). The summed E-state index contributed by atoms with van der Waals surface area (Å²) in [6.45, 7) is 2.01. The molecule has 1 heterocycles. The van der Waals surface area contributed by atoms with E-state index in [0.717, 1.165) is 11.1 Å². The zero-order chi connectivity index (χ0) is 15.5. The molecule has 0 fully saturated rings. The molecule has 0 aliphatic heterocycles. The Morgan fingerprint density at radius 2 is 1.86 bits per heavy atom. The molecule has 0 saturated heterocycles. The number of rotatable bonds is 3. The maximum absolute atomic E-state index is 12.2. The molecule has 3 N–H and O–H groups in total. The van der Waals surface area contributed by atoms with Crippen LogP contribution in [0.5, 0.6) is 5.75 Å². The number of aromatic nitrogens is 2. The molecule has 0 unspecified atom stereocenters. The second-order valence-electron chi connectivity index (χ2n) is 5.00. The molecule has 5 nitrogen and oxygen atoms in total. The molecule has 0 saturated carbocycles.